The summed E-state index contributed by atoms with van der Waals surface area (Å²) in [7, 11) is 0. The molecule has 0 amide bonds. The van der Waals surface area contributed by atoms with Gasteiger partial charge < -0.3 is 11.1 Å². The molecule has 1 aliphatic heterocycles. The highest BCUT2D eigenvalue weighted by molar-refractivity contribution is 5.87. The first-order valence-electron chi connectivity index (χ1n) is 4.64. The molecule has 14 heavy (non-hydrogen) atoms. The van der Waals surface area contributed by atoms with E-state index in [1.165, 1.54) is 0 Å². The molecule has 0 saturated carbocycles. The van der Waals surface area contributed by atoms with Crippen LogP contribution in [0.2, 0.25) is 0 Å². The lowest BCUT2D eigenvalue weighted by atomic mass is 10.2. The molecule has 0 bridgehead atoms. The molecular formula is C9H11N5. The highest BCUT2D eigenvalue weighted by Crippen LogP contribution is 2.22. The van der Waals surface area contributed by atoms with Crippen molar-refractivity contribution in [1.82, 2.24) is 20.1 Å². The molecule has 0 unspecified atom stereocenters. The number of pyridine rings is 1. The van der Waals surface area contributed by atoms with Gasteiger partial charge in [0.25, 0.3) is 0 Å². The van der Waals surface area contributed by atoms with E-state index in [1.807, 2.05) is 4.68 Å². The summed E-state index contributed by atoms with van der Waals surface area (Å²) in [5, 5.41) is 8.47. The molecule has 3 heterocycles. The van der Waals surface area contributed by atoms with Gasteiger partial charge in [0, 0.05) is 25.0 Å². The van der Waals surface area contributed by atoms with Gasteiger partial charge in [-0.05, 0) is 6.07 Å². The molecule has 0 radical (unpaired) electrons. The van der Waals surface area contributed by atoms with Crippen LogP contribution in [0.4, 0.5) is 5.69 Å². The van der Waals surface area contributed by atoms with E-state index in [9.17, 15) is 0 Å². The third-order valence-electron chi connectivity index (χ3n) is 2.64. The molecular weight excluding hydrogens is 178 g/mol. The van der Waals surface area contributed by atoms with Crippen molar-refractivity contribution < 1.29 is 0 Å². The minimum Gasteiger partial charge on any atom is -0.398 e. The van der Waals surface area contributed by atoms with E-state index in [1.54, 1.807) is 18.5 Å². The minimum atomic E-state index is 0.432. The lowest BCUT2D eigenvalue weighted by molar-refractivity contribution is 0.325. The van der Waals surface area contributed by atoms with Gasteiger partial charge >= 0.3 is 0 Å². The maximum atomic E-state index is 5.82. The quantitative estimate of drug-likeness (QED) is 0.670. The standard InChI is InChI=1S/C9H11N5/c10-8-1-2-12-9-7(8)5-13-14(9)6-3-11-4-6/h1-2,5-6,11H,3-4H2,(H2,10,12). The Kier molecular flexibility index (Phi) is 1.49. The number of nitrogens with one attached hydrogen (secondary N) is 1. The van der Waals surface area contributed by atoms with Crippen molar-refractivity contribution >= 4 is 16.7 Å². The first-order chi connectivity index (χ1) is 6.86. The van der Waals surface area contributed by atoms with Crippen molar-refractivity contribution in [3.05, 3.63) is 18.5 Å². The molecule has 72 valence electrons. The molecule has 5 heteroatoms. The number of nitrogens with zero attached hydrogens (tertiary/aromatic N) is 3. The van der Waals surface area contributed by atoms with Gasteiger partial charge in [0.15, 0.2) is 5.65 Å². The fourth-order valence-corrected chi connectivity index (χ4v) is 1.68. The summed E-state index contributed by atoms with van der Waals surface area (Å²) in [5.41, 5.74) is 7.45. The van der Waals surface area contributed by atoms with E-state index in [4.69, 9.17) is 5.73 Å². The number of hydrogen-bond acceptors (Lipinski definition) is 4. The number of nitrogens with two attached hydrogens (primary N) is 1. The van der Waals surface area contributed by atoms with Crippen molar-refractivity contribution in [2.45, 2.75) is 6.04 Å². The van der Waals surface area contributed by atoms with Crippen molar-refractivity contribution in [2.24, 2.45) is 0 Å². The second kappa shape index (κ2) is 2.68. The maximum absolute atomic E-state index is 5.82. The average Bonchev–Trinajstić information content (AvgIpc) is 2.48. The zero-order chi connectivity index (χ0) is 9.54. The molecule has 0 spiro atoms. The zero-order valence-corrected chi connectivity index (χ0v) is 7.64. The first-order valence-corrected chi connectivity index (χ1v) is 4.64. The summed E-state index contributed by atoms with van der Waals surface area (Å²) < 4.78 is 1.95. The van der Waals surface area contributed by atoms with E-state index in [0.717, 1.165) is 29.8 Å². The van der Waals surface area contributed by atoms with Crippen molar-refractivity contribution in [3.8, 4) is 0 Å². The number of rotatable bonds is 1. The van der Waals surface area contributed by atoms with Crippen LogP contribution in [0.5, 0.6) is 0 Å². The van der Waals surface area contributed by atoms with Gasteiger partial charge in [-0.2, -0.15) is 5.10 Å². The maximum Gasteiger partial charge on any atom is 0.160 e. The Hall–Kier alpha value is -1.62. The normalized spacial score (nSPS) is 17.1. The average molecular weight is 189 g/mol. The Morgan fingerprint density at radius 2 is 2.36 bits per heavy atom. The molecule has 0 aromatic carbocycles. The van der Waals surface area contributed by atoms with Crippen LogP contribution >= 0.6 is 0 Å². The topological polar surface area (TPSA) is 68.8 Å². The third kappa shape index (κ3) is 0.927. The van der Waals surface area contributed by atoms with Crippen LogP contribution in [0, 0.1) is 0 Å². The monoisotopic (exact) mass is 189 g/mol. The minimum absolute atomic E-state index is 0.432. The molecule has 0 atom stereocenters. The molecule has 1 saturated heterocycles. The predicted octanol–water partition coefficient (Wildman–Crippen LogP) is 0.158. The molecule has 3 N–H and O–H groups in total. The summed E-state index contributed by atoms with van der Waals surface area (Å²) >= 11 is 0. The van der Waals surface area contributed by atoms with Crippen LogP contribution in [0.25, 0.3) is 11.0 Å². The number of anilines is 1. The molecule has 0 aliphatic carbocycles. The highest BCUT2D eigenvalue weighted by atomic mass is 15.3. The fraction of sp³-hybridized carbons (Fsp3) is 0.333. The zero-order valence-electron chi connectivity index (χ0n) is 7.64. The summed E-state index contributed by atoms with van der Waals surface area (Å²) in [6, 6.07) is 2.23. The Morgan fingerprint density at radius 1 is 1.50 bits per heavy atom. The number of nitrogen functional groups attached to an aromatic ring is 1. The Labute approximate surface area is 80.9 Å². The van der Waals surface area contributed by atoms with Gasteiger partial charge in [0.2, 0.25) is 0 Å². The van der Waals surface area contributed by atoms with Gasteiger partial charge in [-0.25, -0.2) is 9.67 Å². The van der Waals surface area contributed by atoms with E-state index >= 15 is 0 Å². The molecule has 1 fully saturated rings. The van der Waals surface area contributed by atoms with E-state index in [-0.39, 0.29) is 0 Å². The predicted molar refractivity (Wildman–Crippen MR) is 53.8 cm³/mol. The number of hydrogen-bond donors (Lipinski definition) is 2. The fourth-order valence-electron chi connectivity index (χ4n) is 1.68. The summed E-state index contributed by atoms with van der Waals surface area (Å²) in [4.78, 5) is 4.30. The molecule has 2 aromatic heterocycles. The second-order valence-electron chi connectivity index (χ2n) is 3.54. The molecule has 3 rings (SSSR count). The molecule has 2 aromatic rings. The number of aromatic nitrogens is 3. The van der Waals surface area contributed by atoms with Crippen molar-refractivity contribution in [2.75, 3.05) is 18.8 Å². The third-order valence-corrected chi connectivity index (χ3v) is 2.64. The summed E-state index contributed by atoms with van der Waals surface area (Å²) in [6.07, 6.45) is 3.51. The first kappa shape index (κ1) is 7.75. The van der Waals surface area contributed by atoms with Crippen molar-refractivity contribution in [3.63, 3.8) is 0 Å². The second-order valence-corrected chi connectivity index (χ2v) is 3.54. The summed E-state index contributed by atoms with van der Waals surface area (Å²) in [6.45, 7) is 1.93. The van der Waals surface area contributed by atoms with Crippen molar-refractivity contribution in [1.29, 1.82) is 0 Å². The Balaban J connectivity index is 2.20. The van der Waals surface area contributed by atoms with Crippen LogP contribution in [-0.2, 0) is 0 Å². The van der Waals surface area contributed by atoms with Gasteiger partial charge in [-0.1, -0.05) is 0 Å². The van der Waals surface area contributed by atoms with E-state index in [2.05, 4.69) is 15.4 Å². The molecule has 1 aliphatic rings. The van der Waals surface area contributed by atoms with Crippen LogP contribution in [0.1, 0.15) is 6.04 Å². The molecule has 5 nitrogen and oxygen atoms in total. The van der Waals surface area contributed by atoms with Gasteiger partial charge in [0.05, 0.1) is 17.6 Å². The summed E-state index contributed by atoms with van der Waals surface area (Å²) in [5.74, 6) is 0. The van der Waals surface area contributed by atoms with Gasteiger partial charge in [-0.3, -0.25) is 0 Å². The lowest BCUT2D eigenvalue weighted by Gasteiger charge is -2.27. The van der Waals surface area contributed by atoms with Crippen LogP contribution in [-0.4, -0.2) is 27.9 Å². The van der Waals surface area contributed by atoms with E-state index < -0.39 is 0 Å². The Morgan fingerprint density at radius 3 is 3.07 bits per heavy atom. The SMILES string of the molecule is Nc1ccnc2c1cnn2C1CNC1. The van der Waals surface area contributed by atoms with Crippen LogP contribution < -0.4 is 11.1 Å². The van der Waals surface area contributed by atoms with E-state index in [0.29, 0.717) is 6.04 Å². The number of fused-ring (bicyclic) bond motifs is 1. The van der Waals surface area contributed by atoms with Gasteiger partial charge in [0.1, 0.15) is 0 Å². The van der Waals surface area contributed by atoms with Gasteiger partial charge in [-0.15, -0.1) is 0 Å². The smallest absolute Gasteiger partial charge is 0.160 e. The van der Waals surface area contributed by atoms with Crippen LogP contribution in [0.3, 0.4) is 0 Å². The largest absolute Gasteiger partial charge is 0.398 e. The lowest BCUT2D eigenvalue weighted by Crippen LogP contribution is -2.43. The highest BCUT2D eigenvalue weighted by Gasteiger charge is 2.21. The van der Waals surface area contributed by atoms with Crippen LogP contribution in [0.15, 0.2) is 18.5 Å². The Bertz CT molecular complexity index is 471.